The number of nitrogens with zero attached hydrogens (tertiary/aromatic N) is 2. The Morgan fingerprint density at radius 2 is 1.66 bits per heavy atom. The monoisotopic (exact) mass is 510 g/mol. The highest BCUT2D eigenvalue weighted by molar-refractivity contribution is 6.24. The number of hydrogen-bond acceptors (Lipinski definition) is 5. The zero-order valence-electron chi connectivity index (χ0n) is 21.3. The fourth-order valence-corrected chi connectivity index (χ4v) is 6.00. The molecule has 4 unspecified atom stereocenters. The Balaban J connectivity index is 1.45. The molecule has 3 aliphatic rings. The molecule has 2 amide bonds. The van der Waals surface area contributed by atoms with E-state index in [1.807, 2.05) is 80.3 Å². The number of esters is 1. The Hall–Kier alpha value is -4.26. The number of aryl methyl sites for hydroxylation is 1. The molecule has 0 N–H and O–H groups in total. The quantitative estimate of drug-likeness (QED) is 0.272. The number of rotatable bonds is 4. The second kappa shape index (κ2) is 8.94. The summed E-state index contributed by atoms with van der Waals surface area (Å²) in [6.45, 7) is 5.97. The van der Waals surface area contributed by atoms with Crippen molar-refractivity contribution in [2.45, 2.75) is 38.8 Å². The molecule has 0 bridgehead atoms. The molecule has 3 aliphatic heterocycles. The normalized spacial score (nSPS) is 23.5. The predicted molar refractivity (Wildman–Crippen MR) is 142 cm³/mol. The van der Waals surface area contributed by atoms with Gasteiger partial charge < -0.3 is 9.64 Å². The maximum absolute atomic E-state index is 14.0. The molecule has 4 atom stereocenters. The minimum Gasteiger partial charge on any atom is -0.425 e. The van der Waals surface area contributed by atoms with E-state index in [4.69, 9.17) is 4.74 Å². The predicted octanol–water partition coefficient (Wildman–Crippen LogP) is 5.25. The van der Waals surface area contributed by atoms with Crippen molar-refractivity contribution < 1.29 is 23.5 Å². The van der Waals surface area contributed by atoms with Crippen molar-refractivity contribution in [2.75, 3.05) is 9.80 Å². The lowest BCUT2D eigenvalue weighted by Crippen LogP contribution is -2.50. The van der Waals surface area contributed by atoms with Crippen molar-refractivity contribution in [2.24, 2.45) is 11.8 Å². The molecular weight excluding hydrogens is 483 g/mol. The third-order valence-corrected chi connectivity index (χ3v) is 7.74. The summed E-state index contributed by atoms with van der Waals surface area (Å²) in [5.41, 5.74) is 3.79. The summed E-state index contributed by atoms with van der Waals surface area (Å²) in [7, 11) is 0. The van der Waals surface area contributed by atoms with Gasteiger partial charge in [0.15, 0.2) is 0 Å². The number of anilines is 2. The topological polar surface area (TPSA) is 66.9 Å². The van der Waals surface area contributed by atoms with Crippen molar-refractivity contribution >= 4 is 35.2 Å². The van der Waals surface area contributed by atoms with Gasteiger partial charge in [0.2, 0.25) is 11.8 Å². The average Bonchev–Trinajstić information content (AvgIpc) is 3.37. The van der Waals surface area contributed by atoms with Crippen LogP contribution in [0.5, 0.6) is 5.75 Å². The fraction of sp³-hybridized carbons (Fsp3) is 0.258. The van der Waals surface area contributed by atoms with Crippen LogP contribution in [0.15, 0.2) is 72.8 Å². The summed E-state index contributed by atoms with van der Waals surface area (Å²) in [4.78, 5) is 44.6. The molecule has 0 aromatic heterocycles. The Kier molecular flexibility index (Phi) is 5.67. The molecule has 0 saturated carbocycles. The highest BCUT2D eigenvalue weighted by Crippen LogP contribution is 2.49. The number of hydrogen-bond donors (Lipinski definition) is 0. The van der Waals surface area contributed by atoms with Gasteiger partial charge in [0.05, 0.1) is 23.6 Å². The number of halogens is 1. The van der Waals surface area contributed by atoms with Gasteiger partial charge in [0.25, 0.3) is 0 Å². The van der Waals surface area contributed by atoms with Crippen molar-refractivity contribution in [1.29, 1.82) is 0 Å². The van der Waals surface area contributed by atoms with E-state index in [1.165, 1.54) is 24.3 Å². The minimum atomic E-state index is -1.02. The van der Waals surface area contributed by atoms with E-state index in [1.54, 1.807) is 0 Å². The minimum absolute atomic E-state index is 0.116. The summed E-state index contributed by atoms with van der Waals surface area (Å²) in [6.07, 6.45) is 3.82. The molecule has 0 aliphatic carbocycles. The van der Waals surface area contributed by atoms with Gasteiger partial charge >= 0.3 is 5.97 Å². The number of benzene rings is 3. The average molecular weight is 511 g/mol. The van der Waals surface area contributed by atoms with Gasteiger partial charge in [0.1, 0.15) is 17.6 Å². The third kappa shape index (κ3) is 3.64. The van der Waals surface area contributed by atoms with E-state index in [0.717, 1.165) is 27.3 Å². The van der Waals surface area contributed by atoms with Gasteiger partial charge in [-0.15, -0.1) is 0 Å². The third-order valence-electron chi connectivity index (χ3n) is 7.74. The summed E-state index contributed by atoms with van der Waals surface area (Å²) in [5.74, 6) is -3.09. The summed E-state index contributed by atoms with van der Waals surface area (Å²) in [5, 5.41) is 0. The first kappa shape index (κ1) is 24.1. The van der Waals surface area contributed by atoms with Crippen LogP contribution in [0.4, 0.5) is 15.8 Å². The molecule has 0 radical (unpaired) electrons. The van der Waals surface area contributed by atoms with Gasteiger partial charge in [-0.2, -0.15) is 0 Å². The molecule has 3 aromatic rings. The first-order valence-electron chi connectivity index (χ1n) is 12.8. The first-order valence-corrected chi connectivity index (χ1v) is 12.8. The number of fused-ring (bicyclic) bond motifs is 5. The standard InChI is InChI=1S/C31H27FN2O4/c1-17(2)22-14-8-18(3)16-25(22)38-31(37)28-27-26(24-15-9-19-6-4-5-7-23(19)34(24)28)29(35)33(30(27)36)21-12-10-20(32)11-13-21/h4-17,24,26-28H,1-3H3. The molecule has 3 aromatic carbocycles. The lowest BCUT2D eigenvalue weighted by atomic mass is 9.88. The zero-order valence-corrected chi connectivity index (χ0v) is 21.3. The molecule has 6 rings (SSSR count). The van der Waals surface area contributed by atoms with E-state index in [0.29, 0.717) is 5.75 Å². The smallest absolute Gasteiger partial charge is 0.335 e. The van der Waals surface area contributed by atoms with E-state index in [-0.39, 0.29) is 11.6 Å². The molecule has 7 heteroatoms. The SMILES string of the molecule is Cc1ccc(C(C)C)c(OC(=O)C2C3C(=O)N(c4ccc(F)cc4)C(=O)C3C3C=Cc4ccccc4N32)c1. The summed E-state index contributed by atoms with van der Waals surface area (Å²) in [6, 6.07) is 17.1. The number of imide groups is 1. The van der Waals surface area contributed by atoms with Gasteiger partial charge in [-0.3, -0.25) is 9.59 Å². The van der Waals surface area contributed by atoms with Crippen LogP contribution in [0, 0.1) is 24.6 Å². The lowest BCUT2D eigenvalue weighted by molar-refractivity contribution is -0.139. The zero-order chi connectivity index (χ0) is 26.7. The molecule has 0 spiro atoms. The van der Waals surface area contributed by atoms with E-state index < -0.39 is 47.5 Å². The molecule has 38 heavy (non-hydrogen) atoms. The van der Waals surface area contributed by atoms with E-state index in [2.05, 4.69) is 0 Å². The lowest BCUT2D eigenvalue weighted by Gasteiger charge is -2.36. The van der Waals surface area contributed by atoms with Crippen LogP contribution < -0.4 is 14.5 Å². The molecular formula is C31H27FN2O4. The second-order valence-electron chi connectivity index (χ2n) is 10.4. The largest absolute Gasteiger partial charge is 0.425 e. The summed E-state index contributed by atoms with van der Waals surface area (Å²) >= 11 is 0. The molecule has 3 heterocycles. The number of para-hydroxylation sites is 1. The van der Waals surface area contributed by atoms with Gasteiger partial charge in [-0.05, 0) is 65.9 Å². The molecule has 2 fully saturated rings. The second-order valence-corrected chi connectivity index (χ2v) is 10.4. The van der Waals surface area contributed by atoms with Crippen LogP contribution in [0.25, 0.3) is 6.08 Å². The van der Waals surface area contributed by atoms with Crippen molar-refractivity contribution in [3.63, 3.8) is 0 Å². The maximum Gasteiger partial charge on any atom is 0.335 e. The highest BCUT2D eigenvalue weighted by atomic mass is 19.1. The van der Waals surface area contributed by atoms with Crippen molar-refractivity contribution in [3.8, 4) is 5.75 Å². The van der Waals surface area contributed by atoms with Crippen molar-refractivity contribution in [3.05, 3.63) is 95.3 Å². The van der Waals surface area contributed by atoms with Crippen LogP contribution in [-0.2, 0) is 14.4 Å². The number of ether oxygens (including phenoxy) is 1. The Morgan fingerprint density at radius 1 is 0.947 bits per heavy atom. The maximum atomic E-state index is 14.0. The summed E-state index contributed by atoms with van der Waals surface area (Å²) < 4.78 is 19.6. The van der Waals surface area contributed by atoms with Crippen LogP contribution in [0.1, 0.15) is 36.5 Å². The van der Waals surface area contributed by atoms with Gasteiger partial charge in [-0.25, -0.2) is 14.1 Å². The van der Waals surface area contributed by atoms with E-state index >= 15 is 0 Å². The van der Waals surface area contributed by atoms with Gasteiger partial charge in [0, 0.05) is 5.69 Å². The van der Waals surface area contributed by atoms with Crippen LogP contribution >= 0.6 is 0 Å². The number of amides is 2. The van der Waals surface area contributed by atoms with E-state index in [9.17, 15) is 18.8 Å². The number of carbonyl (C=O) groups excluding carboxylic acids is 3. The van der Waals surface area contributed by atoms with Crippen LogP contribution in [0.3, 0.4) is 0 Å². The Labute approximate surface area is 220 Å². The molecule has 192 valence electrons. The fourth-order valence-electron chi connectivity index (χ4n) is 6.00. The molecule has 6 nitrogen and oxygen atoms in total. The van der Waals surface area contributed by atoms with Gasteiger partial charge in [-0.1, -0.05) is 56.3 Å². The highest BCUT2D eigenvalue weighted by Gasteiger charge is 2.65. The van der Waals surface area contributed by atoms with Crippen LogP contribution in [0.2, 0.25) is 0 Å². The number of carbonyl (C=O) groups is 3. The Bertz CT molecular complexity index is 1500. The van der Waals surface area contributed by atoms with Crippen LogP contribution in [-0.4, -0.2) is 29.9 Å². The van der Waals surface area contributed by atoms with Crippen molar-refractivity contribution in [1.82, 2.24) is 0 Å². The molecule has 2 saturated heterocycles. The first-order chi connectivity index (χ1) is 18.3. The Morgan fingerprint density at radius 3 is 2.39 bits per heavy atom.